The third-order valence-corrected chi connectivity index (χ3v) is 6.60. The fourth-order valence-electron chi connectivity index (χ4n) is 4.02. The molecular formula is C26H29N9O2S. The topological polar surface area (TPSA) is 153 Å². The van der Waals surface area contributed by atoms with Crippen LogP contribution in [-0.4, -0.2) is 69.9 Å². The number of nitrogens with two attached hydrogens (primary N) is 1. The highest BCUT2D eigenvalue weighted by atomic mass is 32.1. The molecule has 0 saturated carbocycles. The zero-order chi connectivity index (χ0) is 27.2. The summed E-state index contributed by atoms with van der Waals surface area (Å²) >= 11 is 4.71. The lowest BCUT2D eigenvalue weighted by Gasteiger charge is -2.32. The van der Waals surface area contributed by atoms with E-state index in [1.807, 2.05) is 19.2 Å². The number of carbonyl (C=O) groups excluding carboxylic acids is 2. The minimum absolute atomic E-state index is 0.0353. The summed E-state index contributed by atoms with van der Waals surface area (Å²) in [5.41, 5.74) is 9.14. The molecule has 196 valence electrons. The van der Waals surface area contributed by atoms with Gasteiger partial charge in [0.2, 0.25) is 5.91 Å². The fourth-order valence-corrected chi connectivity index (χ4v) is 4.28. The monoisotopic (exact) mass is 531 g/mol. The quantitative estimate of drug-likeness (QED) is 0.354. The maximum Gasteiger partial charge on any atom is 0.317 e. The number of carbonyl (C=O) groups is 2. The van der Waals surface area contributed by atoms with Crippen LogP contribution >= 0.6 is 12.6 Å². The number of nitrogens with zero attached hydrogens (tertiary/aromatic N) is 6. The Bertz CT molecular complexity index is 1370. The van der Waals surface area contributed by atoms with Gasteiger partial charge in [-0.1, -0.05) is 18.2 Å². The molecule has 0 radical (unpaired) electrons. The van der Waals surface area contributed by atoms with Gasteiger partial charge in [0.1, 0.15) is 28.5 Å². The second-order valence-corrected chi connectivity index (χ2v) is 9.48. The van der Waals surface area contributed by atoms with Crippen molar-refractivity contribution in [3.05, 3.63) is 65.2 Å². The average molecular weight is 532 g/mol. The van der Waals surface area contributed by atoms with Gasteiger partial charge in [-0.2, -0.15) is 17.9 Å². The van der Waals surface area contributed by atoms with E-state index in [0.29, 0.717) is 41.4 Å². The van der Waals surface area contributed by atoms with Gasteiger partial charge in [0, 0.05) is 44.4 Å². The van der Waals surface area contributed by atoms with Crippen molar-refractivity contribution < 1.29 is 9.59 Å². The zero-order valence-electron chi connectivity index (χ0n) is 21.2. The Labute approximate surface area is 226 Å². The van der Waals surface area contributed by atoms with E-state index in [4.69, 9.17) is 18.4 Å². The highest BCUT2D eigenvalue weighted by molar-refractivity contribution is 7.80. The maximum atomic E-state index is 12.5. The SMILES string of the molecule is CC(=O)Nc1ccc(-c2nc(C(S)c3cccc(CNC(=O)N4CCN(C)CC4)n3)nc(N)c2C#N)cc1. The van der Waals surface area contributed by atoms with E-state index in [1.54, 1.807) is 35.2 Å². The molecule has 1 aliphatic heterocycles. The van der Waals surface area contributed by atoms with Crippen molar-refractivity contribution >= 4 is 36.1 Å². The smallest absolute Gasteiger partial charge is 0.317 e. The number of aromatic nitrogens is 3. The molecule has 0 aliphatic carbocycles. The number of thiol groups is 1. The molecule has 12 heteroatoms. The Hall–Kier alpha value is -4.21. The molecule has 1 unspecified atom stereocenters. The van der Waals surface area contributed by atoms with E-state index in [2.05, 4.69) is 36.6 Å². The molecule has 0 spiro atoms. The Kier molecular flexibility index (Phi) is 8.40. The minimum Gasteiger partial charge on any atom is -0.382 e. The van der Waals surface area contributed by atoms with Crippen LogP contribution in [0.4, 0.5) is 16.3 Å². The van der Waals surface area contributed by atoms with Crippen LogP contribution in [0.25, 0.3) is 11.3 Å². The number of pyridine rings is 1. The van der Waals surface area contributed by atoms with Crippen LogP contribution in [0.3, 0.4) is 0 Å². The molecule has 3 aromatic rings. The third kappa shape index (κ3) is 6.37. The molecule has 38 heavy (non-hydrogen) atoms. The number of urea groups is 1. The lowest BCUT2D eigenvalue weighted by Crippen LogP contribution is -2.50. The second kappa shape index (κ2) is 11.9. The Morgan fingerprint density at radius 2 is 1.82 bits per heavy atom. The molecule has 1 atom stereocenters. The van der Waals surface area contributed by atoms with Gasteiger partial charge in [-0.15, -0.1) is 0 Å². The summed E-state index contributed by atoms with van der Waals surface area (Å²) in [6.07, 6.45) is 0. The number of hydrogen-bond acceptors (Lipinski definition) is 9. The van der Waals surface area contributed by atoms with Crippen molar-refractivity contribution in [2.24, 2.45) is 0 Å². The van der Waals surface area contributed by atoms with Crippen LogP contribution < -0.4 is 16.4 Å². The van der Waals surface area contributed by atoms with Gasteiger partial charge in [0.15, 0.2) is 0 Å². The number of anilines is 2. The number of piperazine rings is 1. The van der Waals surface area contributed by atoms with Crippen LogP contribution in [0.5, 0.6) is 0 Å². The first-order valence-corrected chi connectivity index (χ1v) is 12.6. The van der Waals surface area contributed by atoms with Crippen LogP contribution in [0.1, 0.15) is 34.9 Å². The standard InChI is InChI=1S/C26H29N9O2S/c1-16(36)30-18-8-6-17(7-9-18)22-20(14-27)24(28)33-25(32-22)23(38)21-5-3-4-19(31-21)15-29-26(37)35-12-10-34(2)11-13-35/h3-9,23,38H,10-13,15H2,1-2H3,(H,29,37)(H,30,36)(H2,28,32,33). The molecule has 1 fully saturated rings. The van der Waals surface area contributed by atoms with Gasteiger partial charge in [0.05, 0.1) is 23.6 Å². The third-order valence-electron chi connectivity index (χ3n) is 6.11. The largest absolute Gasteiger partial charge is 0.382 e. The number of nitrogen functional groups attached to an aromatic ring is 1. The number of nitriles is 1. The number of hydrogen-bond donors (Lipinski definition) is 4. The first-order chi connectivity index (χ1) is 18.2. The highest BCUT2D eigenvalue weighted by Gasteiger charge is 2.22. The van der Waals surface area contributed by atoms with Gasteiger partial charge >= 0.3 is 6.03 Å². The van der Waals surface area contributed by atoms with Gasteiger partial charge < -0.3 is 26.2 Å². The van der Waals surface area contributed by atoms with Gasteiger partial charge in [0.25, 0.3) is 0 Å². The summed E-state index contributed by atoms with van der Waals surface area (Å²) in [7, 11) is 2.04. The summed E-state index contributed by atoms with van der Waals surface area (Å²) in [5, 5.41) is 14.7. The summed E-state index contributed by atoms with van der Waals surface area (Å²) in [6, 6.07) is 14.3. The fraction of sp³-hybridized carbons (Fsp3) is 0.308. The van der Waals surface area contributed by atoms with Crippen molar-refractivity contribution in [2.45, 2.75) is 18.7 Å². The second-order valence-electron chi connectivity index (χ2n) is 8.97. The molecule has 1 saturated heterocycles. The predicted octanol–water partition coefficient (Wildman–Crippen LogP) is 2.43. The van der Waals surface area contributed by atoms with Gasteiger partial charge in [-0.05, 0) is 31.3 Å². The van der Waals surface area contributed by atoms with Gasteiger partial charge in [-0.3, -0.25) is 9.78 Å². The van der Waals surface area contributed by atoms with Crippen molar-refractivity contribution in [1.29, 1.82) is 5.26 Å². The molecule has 11 nitrogen and oxygen atoms in total. The minimum atomic E-state index is -0.629. The van der Waals surface area contributed by atoms with E-state index >= 15 is 0 Å². The summed E-state index contributed by atoms with van der Waals surface area (Å²) < 4.78 is 0. The van der Waals surface area contributed by atoms with Crippen LogP contribution in [-0.2, 0) is 11.3 Å². The van der Waals surface area contributed by atoms with Crippen molar-refractivity contribution in [2.75, 3.05) is 44.3 Å². The van der Waals surface area contributed by atoms with Crippen molar-refractivity contribution in [3.8, 4) is 17.3 Å². The number of benzene rings is 1. The highest BCUT2D eigenvalue weighted by Crippen LogP contribution is 2.31. The molecule has 1 aliphatic rings. The van der Waals surface area contributed by atoms with E-state index in [1.165, 1.54) is 6.92 Å². The van der Waals surface area contributed by atoms with E-state index < -0.39 is 5.25 Å². The van der Waals surface area contributed by atoms with E-state index in [0.717, 1.165) is 13.1 Å². The first-order valence-electron chi connectivity index (χ1n) is 12.1. The maximum absolute atomic E-state index is 12.5. The molecular weight excluding hydrogens is 502 g/mol. The molecule has 1 aromatic carbocycles. The summed E-state index contributed by atoms with van der Waals surface area (Å²) in [6.45, 7) is 4.75. The molecule has 3 amide bonds. The van der Waals surface area contributed by atoms with Crippen LogP contribution in [0.15, 0.2) is 42.5 Å². The first kappa shape index (κ1) is 26.8. The lowest BCUT2D eigenvalue weighted by molar-refractivity contribution is -0.114. The Balaban J connectivity index is 1.53. The van der Waals surface area contributed by atoms with Crippen molar-refractivity contribution in [1.82, 2.24) is 30.1 Å². The predicted molar refractivity (Wildman–Crippen MR) is 147 cm³/mol. The van der Waals surface area contributed by atoms with Crippen molar-refractivity contribution in [3.63, 3.8) is 0 Å². The Morgan fingerprint density at radius 1 is 1.11 bits per heavy atom. The number of rotatable bonds is 6. The number of amides is 3. The average Bonchev–Trinajstić information content (AvgIpc) is 2.91. The van der Waals surface area contributed by atoms with E-state index in [9.17, 15) is 14.9 Å². The van der Waals surface area contributed by atoms with Crippen LogP contribution in [0, 0.1) is 11.3 Å². The molecule has 3 heterocycles. The van der Waals surface area contributed by atoms with E-state index in [-0.39, 0.29) is 35.7 Å². The summed E-state index contributed by atoms with van der Waals surface area (Å²) in [5.74, 6) is 0.139. The number of nitrogens with one attached hydrogen (secondary N) is 2. The summed E-state index contributed by atoms with van der Waals surface area (Å²) in [4.78, 5) is 41.4. The van der Waals surface area contributed by atoms with Crippen LogP contribution in [0.2, 0.25) is 0 Å². The molecule has 4 rings (SSSR count). The normalized spacial score (nSPS) is 14.4. The number of likely N-dealkylation sites (N-methyl/N-ethyl adjacent to an activating group) is 1. The molecule has 2 aromatic heterocycles. The van der Waals surface area contributed by atoms with Gasteiger partial charge in [-0.25, -0.2) is 14.8 Å². The lowest BCUT2D eigenvalue weighted by atomic mass is 10.1. The zero-order valence-corrected chi connectivity index (χ0v) is 22.1. The molecule has 0 bridgehead atoms. The molecule has 4 N–H and O–H groups in total. The Morgan fingerprint density at radius 3 is 2.47 bits per heavy atom.